The summed E-state index contributed by atoms with van der Waals surface area (Å²) in [4.78, 5) is 2.41. The lowest BCUT2D eigenvalue weighted by Gasteiger charge is -2.34. The van der Waals surface area contributed by atoms with Crippen LogP contribution < -0.4 is 10.2 Å². The Labute approximate surface area is 128 Å². The molecule has 1 aromatic rings. The minimum atomic E-state index is 0.273. The van der Waals surface area contributed by atoms with Crippen molar-refractivity contribution in [1.29, 1.82) is 0 Å². The number of benzene rings is 1. The van der Waals surface area contributed by atoms with Gasteiger partial charge in [0.25, 0.3) is 0 Å². The quantitative estimate of drug-likeness (QED) is 0.871. The van der Waals surface area contributed by atoms with E-state index in [-0.39, 0.29) is 5.41 Å². The van der Waals surface area contributed by atoms with Gasteiger partial charge in [-0.2, -0.15) is 0 Å². The molecule has 0 aromatic heterocycles. The molecule has 1 atom stereocenters. The second kappa shape index (κ2) is 5.98. The highest BCUT2D eigenvalue weighted by molar-refractivity contribution is 5.50. The van der Waals surface area contributed by atoms with Crippen LogP contribution in [0.2, 0.25) is 0 Å². The van der Waals surface area contributed by atoms with Crippen molar-refractivity contribution >= 4 is 5.69 Å². The van der Waals surface area contributed by atoms with Crippen LogP contribution in [0.4, 0.5) is 5.69 Å². The highest BCUT2D eigenvalue weighted by Gasteiger charge is 2.37. The van der Waals surface area contributed by atoms with E-state index in [1.807, 2.05) is 0 Å². The van der Waals surface area contributed by atoms with E-state index in [1.54, 1.807) is 0 Å². The molecule has 1 N–H and O–H groups in total. The van der Waals surface area contributed by atoms with Gasteiger partial charge in [0.2, 0.25) is 0 Å². The van der Waals surface area contributed by atoms with Crippen LogP contribution in [-0.4, -0.2) is 39.4 Å². The molecule has 1 aliphatic heterocycles. The zero-order valence-electron chi connectivity index (χ0n) is 13.6. The van der Waals surface area contributed by atoms with Gasteiger partial charge in [0.15, 0.2) is 0 Å². The van der Waals surface area contributed by atoms with Crippen LogP contribution in [0, 0.1) is 19.3 Å². The maximum Gasteiger partial charge on any atom is 0.0552 e. The van der Waals surface area contributed by atoms with Crippen LogP contribution in [0.3, 0.4) is 0 Å². The number of nitrogens with one attached hydrogen (secondary N) is 1. The number of rotatable bonds is 6. The van der Waals surface area contributed by atoms with Gasteiger partial charge < -0.3 is 15.0 Å². The third kappa shape index (κ3) is 3.78. The molecular weight excluding hydrogens is 260 g/mol. The van der Waals surface area contributed by atoms with Gasteiger partial charge in [0, 0.05) is 43.9 Å². The summed E-state index contributed by atoms with van der Waals surface area (Å²) in [5.41, 5.74) is 4.27. The third-order valence-electron chi connectivity index (χ3n) is 4.75. The third-order valence-corrected chi connectivity index (χ3v) is 4.75. The van der Waals surface area contributed by atoms with Crippen LogP contribution in [0.1, 0.15) is 30.4 Å². The average Bonchev–Trinajstić information content (AvgIpc) is 3.15. The first-order valence-electron chi connectivity index (χ1n) is 8.17. The molecule has 1 aromatic carbocycles. The molecule has 21 heavy (non-hydrogen) atoms. The second-order valence-corrected chi connectivity index (χ2v) is 7.16. The van der Waals surface area contributed by atoms with Gasteiger partial charge in [-0.25, -0.2) is 0 Å². The molecule has 0 amide bonds. The molecule has 3 rings (SSSR count). The predicted octanol–water partition coefficient (Wildman–Crippen LogP) is 2.90. The highest BCUT2D eigenvalue weighted by atomic mass is 16.5. The van der Waals surface area contributed by atoms with Crippen LogP contribution >= 0.6 is 0 Å². The number of anilines is 1. The van der Waals surface area contributed by atoms with E-state index in [9.17, 15) is 0 Å². The molecule has 2 fully saturated rings. The van der Waals surface area contributed by atoms with Crippen molar-refractivity contribution in [1.82, 2.24) is 5.32 Å². The fraction of sp³-hybridized carbons (Fsp3) is 0.667. The van der Waals surface area contributed by atoms with Crippen molar-refractivity contribution in [3.8, 4) is 0 Å². The van der Waals surface area contributed by atoms with E-state index in [4.69, 9.17) is 4.74 Å². The van der Waals surface area contributed by atoms with Gasteiger partial charge in [-0.3, -0.25) is 0 Å². The normalized spacial score (nSPS) is 25.3. The molecule has 2 aliphatic rings. The molecule has 0 spiro atoms. The van der Waals surface area contributed by atoms with Crippen molar-refractivity contribution < 1.29 is 4.74 Å². The molecule has 0 bridgehead atoms. The van der Waals surface area contributed by atoms with Gasteiger partial charge in [-0.15, -0.1) is 0 Å². The molecule has 0 radical (unpaired) electrons. The Morgan fingerprint density at radius 3 is 2.52 bits per heavy atom. The summed E-state index contributed by atoms with van der Waals surface area (Å²) in [7, 11) is 2.21. The van der Waals surface area contributed by atoms with Gasteiger partial charge >= 0.3 is 0 Å². The van der Waals surface area contributed by atoms with E-state index in [0.717, 1.165) is 32.3 Å². The monoisotopic (exact) mass is 288 g/mol. The SMILES string of the molecule is Cc1cc(C)cc(N(C)CC2(CNC3CC3)CCOC2)c1. The van der Waals surface area contributed by atoms with Crippen molar-refractivity contribution in [3.63, 3.8) is 0 Å². The largest absolute Gasteiger partial charge is 0.381 e. The van der Waals surface area contributed by atoms with E-state index in [2.05, 4.69) is 49.3 Å². The Morgan fingerprint density at radius 1 is 1.24 bits per heavy atom. The summed E-state index contributed by atoms with van der Waals surface area (Å²) in [5.74, 6) is 0. The standard InChI is InChI=1S/C18H28N2O/c1-14-8-15(2)10-17(9-14)20(3)12-18(6-7-21-13-18)11-19-16-4-5-16/h8-10,16,19H,4-7,11-13H2,1-3H3. The first-order chi connectivity index (χ1) is 10.1. The Bertz CT molecular complexity index is 470. The van der Waals surface area contributed by atoms with Crippen LogP contribution in [-0.2, 0) is 4.74 Å². The molecule has 1 saturated heterocycles. The van der Waals surface area contributed by atoms with Gasteiger partial charge in [0.05, 0.1) is 6.61 Å². The molecule has 116 valence electrons. The number of hydrogen-bond acceptors (Lipinski definition) is 3. The lowest BCUT2D eigenvalue weighted by molar-refractivity contribution is 0.152. The minimum Gasteiger partial charge on any atom is -0.381 e. The smallest absolute Gasteiger partial charge is 0.0552 e. The lowest BCUT2D eigenvalue weighted by atomic mass is 9.86. The van der Waals surface area contributed by atoms with E-state index < -0.39 is 0 Å². The maximum absolute atomic E-state index is 5.73. The molecule has 1 unspecified atom stereocenters. The van der Waals surface area contributed by atoms with Crippen LogP contribution in [0.15, 0.2) is 18.2 Å². The first-order valence-corrected chi connectivity index (χ1v) is 8.17. The summed E-state index contributed by atoms with van der Waals surface area (Å²) >= 11 is 0. The summed E-state index contributed by atoms with van der Waals surface area (Å²) < 4.78 is 5.73. The Balaban J connectivity index is 1.68. The molecule has 3 heteroatoms. The average molecular weight is 288 g/mol. The Morgan fingerprint density at radius 2 is 1.95 bits per heavy atom. The Kier molecular flexibility index (Phi) is 4.23. The van der Waals surface area contributed by atoms with E-state index in [0.29, 0.717) is 0 Å². The van der Waals surface area contributed by atoms with Crippen molar-refractivity contribution in [2.45, 2.75) is 39.2 Å². The maximum atomic E-state index is 5.73. The summed E-state index contributed by atoms with van der Waals surface area (Å²) in [6.07, 6.45) is 3.87. The van der Waals surface area contributed by atoms with Crippen LogP contribution in [0.5, 0.6) is 0 Å². The van der Waals surface area contributed by atoms with E-state index in [1.165, 1.54) is 36.1 Å². The molecule has 3 nitrogen and oxygen atoms in total. The molecule has 1 heterocycles. The number of nitrogens with zero attached hydrogens (tertiary/aromatic N) is 1. The van der Waals surface area contributed by atoms with Crippen molar-refractivity contribution in [3.05, 3.63) is 29.3 Å². The first kappa shape index (κ1) is 14.9. The zero-order valence-corrected chi connectivity index (χ0v) is 13.6. The number of aryl methyl sites for hydroxylation is 2. The van der Waals surface area contributed by atoms with Gasteiger partial charge in [-0.05, 0) is 56.4 Å². The van der Waals surface area contributed by atoms with E-state index >= 15 is 0 Å². The van der Waals surface area contributed by atoms with Crippen molar-refractivity contribution in [2.24, 2.45) is 5.41 Å². The van der Waals surface area contributed by atoms with Crippen LogP contribution in [0.25, 0.3) is 0 Å². The predicted molar refractivity (Wildman–Crippen MR) is 88.1 cm³/mol. The molecular formula is C18H28N2O. The summed E-state index contributed by atoms with van der Waals surface area (Å²) in [6.45, 7) is 8.30. The van der Waals surface area contributed by atoms with Gasteiger partial charge in [-0.1, -0.05) is 6.07 Å². The van der Waals surface area contributed by atoms with Crippen molar-refractivity contribution in [2.75, 3.05) is 38.3 Å². The zero-order chi connectivity index (χ0) is 14.9. The second-order valence-electron chi connectivity index (χ2n) is 7.16. The topological polar surface area (TPSA) is 24.5 Å². The summed E-state index contributed by atoms with van der Waals surface area (Å²) in [6, 6.07) is 7.57. The summed E-state index contributed by atoms with van der Waals surface area (Å²) in [5, 5.41) is 3.71. The fourth-order valence-corrected chi connectivity index (χ4v) is 3.38. The van der Waals surface area contributed by atoms with Gasteiger partial charge in [0.1, 0.15) is 0 Å². The Hall–Kier alpha value is -1.06. The fourth-order valence-electron chi connectivity index (χ4n) is 3.38. The molecule has 1 aliphatic carbocycles. The minimum absolute atomic E-state index is 0.273. The lowest BCUT2D eigenvalue weighted by Crippen LogP contribution is -2.44. The highest BCUT2D eigenvalue weighted by Crippen LogP contribution is 2.32. The molecule has 1 saturated carbocycles. The number of hydrogen-bond donors (Lipinski definition) is 1. The number of ether oxygens (including phenoxy) is 1.